The number of hydrogen-bond donors (Lipinski definition) is 2. The first-order valence-electron chi connectivity index (χ1n) is 16.3. The number of anilines is 1. The van der Waals surface area contributed by atoms with Gasteiger partial charge >= 0.3 is 6.09 Å². The maximum absolute atomic E-state index is 14.5. The SMILES string of the molecule is C=Cc1cccc(C(C(=O)Nc2ccc3ccccc3c2)N(CCCCCCCC)C(=O)C(NC(=O)OC(C)(C)C)C(C)C)c1. The van der Waals surface area contributed by atoms with Gasteiger partial charge in [-0.15, -0.1) is 0 Å². The Hall–Kier alpha value is -4.13. The minimum Gasteiger partial charge on any atom is -0.444 e. The molecule has 2 N–H and O–H groups in total. The molecule has 0 heterocycles. The lowest BCUT2D eigenvalue weighted by Crippen LogP contribution is -2.54. The molecule has 3 rings (SSSR count). The van der Waals surface area contributed by atoms with Crippen molar-refractivity contribution in [3.05, 3.63) is 84.4 Å². The van der Waals surface area contributed by atoms with Crippen LogP contribution in [0, 0.1) is 5.92 Å². The summed E-state index contributed by atoms with van der Waals surface area (Å²) in [4.78, 5) is 43.3. The number of rotatable bonds is 15. The molecule has 0 spiro atoms. The summed E-state index contributed by atoms with van der Waals surface area (Å²) in [6, 6.07) is 19.4. The molecule has 0 fully saturated rings. The van der Waals surface area contributed by atoms with Gasteiger partial charge in [0.05, 0.1) is 0 Å². The molecule has 0 bridgehead atoms. The molecule has 242 valence electrons. The van der Waals surface area contributed by atoms with E-state index in [9.17, 15) is 14.4 Å². The third-order valence-electron chi connectivity index (χ3n) is 7.68. The van der Waals surface area contributed by atoms with E-state index in [1.165, 1.54) is 6.42 Å². The van der Waals surface area contributed by atoms with E-state index in [-0.39, 0.29) is 17.7 Å². The number of hydrogen-bond acceptors (Lipinski definition) is 4. The van der Waals surface area contributed by atoms with E-state index < -0.39 is 23.8 Å². The minimum atomic E-state index is -0.943. The number of unbranched alkanes of at least 4 members (excludes halogenated alkanes) is 5. The van der Waals surface area contributed by atoms with Crippen molar-refractivity contribution >= 4 is 40.4 Å². The van der Waals surface area contributed by atoms with Crippen LogP contribution in [-0.4, -0.2) is 41.0 Å². The van der Waals surface area contributed by atoms with Crippen molar-refractivity contribution in [1.82, 2.24) is 10.2 Å². The molecule has 3 aromatic carbocycles. The molecule has 0 saturated heterocycles. The van der Waals surface area contributed by atoms with Gasteiger partial charge in [-0.1, -0.05) is 114 Å². The molecule has 0 aliphatic carbocycles. The van der Waals surface area contributed by atoms with Crippen molar-refractivity contribution in [3.8, 4) is 0 Å². The van der Waals surface area contributed by atoms with Crippen molar-refractivity contribution in [2.75, 3.05) is 11.9 Å². The van der Waals surface area contributed by atoms with Crippen molar-refractivity contribution in [1.29, 1.82) is 0 Å². The molecule has 0 saturated carbocycles. The van der Waals surface area contributed by atoms with E-state index in [0.717, 1.165) is 48.4 Å². The van der Waals surface area contributed by atoms with Crippen LogP contribution >= 0.6 is 0 Å². The standard InChI is InChI=1S/C38H51N3O4/c1-8-10-11-12-13-16-24-41(36(43)33(27(3)4)40-37(44)45-38(5,6)7)34(31-21-17-18-28(9-2)25-31)35(42)39-32-23-22-29-19-14-15-20-30(29)26-32/h9,14-15,17-23,25-27,33-34H,2,8,10-13,16,24H2,1,3-7H3,(H,39,42)(H,40,44). The number of amides is 3. The van der Waals surface area contributed by atoms with Gasteiger partial charge in [-0.3, -0.25) is 9.59 Å². The van der Waals surface area contributed by atoms with Crippen LogP contribution in [0.3, 0.4) is 0 Å². The van der Waals surface area contributed by atoms with Gasteiger partial charge in [0.15, 0.2) is 0 Å². The van der Waals surface area contributed by atoms with Crippen molar-refractivity contribution < 1.29 is 19.1 Å². The van der Waals surface area contributed by atoms with Crippen LogP contribution in [0.15, 0.2) is 73.3 Å². The molecule has 3 aromatic rings. The Morgan fingerprint density at radius 3 is 2.24 bits per heavy atom. The summed E-state index contributed by atoms with van der Waals surface area (Å²) in [5, 5.41) is 7.97. The quantitative estimate of drug-likeness (QED) is 0.168. The van der Waals surface area contributed by atoms with E-state index in [1.807, 2.05) is 80.6 Å². The van der Waals surface area contributed by atoms with Gasteiger partial charge in [0, 0.05) is 12.2 Å². The molecule has 45 heavy (non-hydrogen) atoms. The second kappa shape index (κ2) is 16.8. The molecular formula is C38H51N3O4. The van der Waals surface area contributed by atoms with Crippen LogP contribution in [0.4, 0.5) is 10.5 Å². The Morgan fingerprint density at radius 2 is 1.58 bits per heavy atom. The number of fused-ring (bicyclic) bond motifs is 1. The third kappa shape index (κ3) is 10.8. The smallest absolute Gasteiger partial charge is 0.408 e. The van der Waals surface area contributed by atoms with Crippen LogP contribution in [0.5, 0.6) is 0 Å². The average Bonchev–Trinajstić information content (AvgIpc) is 2.99. The van der Waals surface area contributed by atoms with Gasteiger partial charge < -0.3 is 20.3 Å². The van der Waals surface area contributed by atoms with Crippen LogP contribution in [0.25, 0.3) is 16.8 Å². The van der Waals surface area contributed by atoms with Crippen LogP contribution in [0.2, 0.25) is 0 Å². The van der Waals surface area contributed by atoms with Gasteiger partial charge in [-0.2, -0.15) is 0 Å². The lowest BCUT2D eigenvalue weighted by molar-refractivity contribution is -0.141. The molecule has 2 atom stereocenters. The second-order valence-corrected chi connectivity index (χ2v) is 13.0. The Morgan fingerprint density at radius 1 is 0.889 bits per heavy atom. The largest absolute Gasteiger partial charge is 0.444 e. The molecule has 0 aliphatic rings. The second-order valence-electron chi connectivity index (χ2n) is 13.0. The highest BCUT2D eigenvalue weighted by Gasteiger charge is 2.37. The zero-order valence-electron chi connectivity index (χ0n) is 27.9. The first-order valence-corrected chi connectivity index (χ1v) is 16.3. The molecule has 2 unspecified atom stereocenters. The Labute approximate surface area is 269 Å². The summed E-state index contributed by atoms with van der Waals surface area (Å²) in [5.74, 6) is -0.904. The zero-order valence-corrected chi connectivity index (χ0v) is 27.9. The van der Waals surface area contributed by atoms with Crippen LogP contribution < -0.4 is 10.6 Å². The first-order chi connectivity index (χ1) is 21.4. The molecule has 0 aliphatic heterocycles. The highest BCUT2D eigenvalue weighted by Crippen LogP contribution is 2.28. The predicted octanol–water partition coefficient (Wildman–Crippen LogP) is 8.90. The number of carbonyl (C=O) groups excluding carboxylic acids is 3. The highest BCUT2D eigenvalue weighted by molar-refractivity contribution is 6.00. The number of carbonyl (C=O) groups is 3. The molecular weight excluding hydrogens is 562 g/mol. The number of nitrogens with zero attached hydrogens (tertiary/aromatic N) is 1. The Kier molecular flexibility index (Phi) is 13.2. The highest BCUT2D eigenvalue weighted by atomic mass is 16.6. The summed E-state index contributed by atoms with van der Waals surface area (Å²) < 4.78 is 5.51. The van der Waals surface area contributed by atoms with Gasteiger partial charge in [-0.05, 0) is 73.2 Å². The van der Waals surface area contributed by atoms with E-state index in [2.05, 4.69) is 24.1 Å². The van der Waals surface area contributed by atoms with Gasteiger partial charge in [-0.25, -0.2) is 4.79 Å². The summed E-state index contributed by atoms with van der Waals surface area (Å²) in [6.45, 7) is 15.6. The van der Waals surface area contributed by atoms with E-state index in [4.69, 9.17) is 4.74 Å². The van der Waals surface area contributed by atoms with E-state index in [0.29, 0.717) is 17.8 Å². The fraction of sp³-hybridized carbons (Fsp3) is 0.447. The van der Waals surface area contributed by atoms with Gasteiger partial charge in [0.2, 0.25) is 5.91 Å². The number of ether oxygens (including phenoxy) is 1. The number of alkyl carbamates (subject to hydrolysis) is 1. The summed E-state index contributed by atoms with van der Waals surface area (Å²) in [6.07, 6.45) is 7.22. The van der Waals surface area contributed by atoms with Crippen LogP contribution in [0.1, 0.15) is 97.2 Å². The van der Waals surface area contributed by atoms with Crippen molar-refractivity contribution in [2.45, 2.75) is 97.8 Å². The Bertz CT molecular complexity index is 1440. The van der Waals surface area contributed by atoms with Gasteiger partial charge in [0.1, 0.15) is 17.7 Å². The predicted molar refractivity (Wildman–Crippen MR) is 185 cm³/mol. The molecule has 7 nitrogen and oxygen atoms in total. The maximum Gasteiger partial charge on any atom is 0.408 e. The van der Waals surface area contributed by atoms with Crippen LogP contribution in [-0.2, 0) is 14.3 Å². The first kappa shape index (κ1) is 35.4. The molecule has 0 aromatic heterocycles. The summed E-state index contributed by atoms with van der Waals surface area (Å²) >= 11 is 0. The molecule has 7 heteroatoms. The zero-order chi connectivity index (χ0) is 33.0. The monoisotopic (exact) mass is 613 g/mol. The fourth-order valence-corrected chi connectivity index (χ4v) is 5.36. The third-order valence-corrected chi connectivity index (χ3v) is 7.68. The molecule has 3 amide bonds. The van der Waals surface area contributed by atoms with E-state index >= 15 is 0 Å². The summed E-state index contributed by atoms with van der Waals surface area (Å²) in [7, 11) is 0. The molecule has 0 radical (unpaired) electrons. The number of benzene rings is 3. The van der Waals surface area contributed by atoms with Gasteiger partial charge in [0.25, 0.3) is 5.91 Å². The average molecular weight is 614 g/mol. The minimum absolute atomic E-state index is 0.249. The van der Waals surface area contributed by atoms with Crippen molar-refractivity contribution in [2.24, 2.45) is 5.92 Å². The summed E-state index contributed by atoms with van der Waals surface area (Å²) in [5.41, 5.74) is 1.43. The fourth-order valence-electron chi connectivity index (χ4n) is 5.36. The Balaban J connectivity index is 2.03. The topological polar surface area (TPSA) is 87.7 Å². The maximum atomic E-state index is 14.5. The van der Waals surface area contributed by atoms with Crippen molar-refractivity contribution in [3.63, 3.8) is 0 Å². The number of nitrogens with one attached hydrogen (secondary N) is 2. The lowest BCUT2D eigenvalue weighted by Gasteiger charge is -2.36. The lowest BCUT2D eigenvalue weighted by atomic mass is 9.97. The van der Waals surface area contributed by atoms with E-state index in [1.54, 1.807) is 31.7 Å². The normalized spacial score (nSPS) is 12.8.